The predicted molar refractivity (Wildman–Crippen MR) is 113 cm³/mol. The minimum absolute atomic E-state index is 0. The Labute approximate surface area is 167 Å². The van der Waals surface area contributed by atoms with Gasteiger partial charge in [-0.2, -0.15) is 0 Å². The van der Waals surface area contributed by atoms with Crippen LogP contribution in [0.5, 0.6) is 0 Å². The Morgan fingerprint density at radius 1 is 1.16 bits per heavy atom. The molecular weight excluding hydrogens is 427 g/mol. The highest BCUT2D eigenvalue weighted by atomic mass is 127. The summed E-state index contributed by atoms with van der Waals surface area (Å²) in [6, 6.07) is 10.8. The molecule has 1 atom stereocenters. The van der Waals surface area contributed by atoms with E-state index < -0.39 is 0 Å². The van der Waals surface area contributed by atoms with Gasteiger partial charge >= 0.3 is 0 Å². The van der Waals surface area contributed by atoms with Crippen LogP contribution in [0, 0.1) is 5.92 Å². The molecule has 1 aromatic heterocycles. The highest BCUT2D eigenvalue weighted by Crippen LogP contribution is 2.15. The summed E-state index contributed by atoms with van der Waals surface area (Å²) in [5, 5.41) is 10.6. The molecule has 0 aliphatic rings. The van der Waals surface area contributed by atoms with Gasteiger partial charge in [-0.3, -0.25) is 0 Å². The van der Waals surface area contributed by atoms with E-state index in [1.54, 1.807) is 6.26 Å². The van der Waals surface area contributed by atoms with Crippen LogP contribution in [0.25, 0.3) is 0 Å². The van der Waals surface area contributed by atoms with Crippen LogP contribution >= 0.6 is 24.0 Å². The number of hydrogen-bond donors (Lipinski definition) is 2. The molecular formula is C19H29IN4O. The van der Waals surface area contributed by atoms with Crippen molar-refractivity contribution in [3.8, 4) is 0 Å². The van der Waals surface area contributed by atoms with Crippen molar-refractivity contribution >= 4 is 29.9 Å². The van der Waals surface area contributed by atoms with E-state index in [4.69, 9.17) is 4.52 Å². The SMILES string of the molecule is CCNC(=NCc1ccon1)NC(C)c1ccc(CC(C)C)cc1.I. The van der Waals surface area contributed by atoms with Gasteiger partial charge in [0.25, 0.3) is 0 Å². The van der Waals surface area contributed by atoms with Crippen LogP contribution in [0.1, 0.15) is 50.6 Å². The number of halogens is 1. The Morgan fingerprint density at radius 2 is 1.88 bits per heavy atom. The Bertz CT molecular complexity index is 623. The molecule has 2 rings (SSSR count). The van der Waals surface area contributed by atoms with Crippen molar-refractivity contribution in [2.75, 3.05) is 6.54 Å². The van der Waals surface area contributed by atoms with E-state index in [9.17, 15) is 0 Å². The van der Waals surface area contributed by atoms with Gasteiger partial charge in [0.05, 0.1) is 12.6 Å². The van der Waals surface area contributed by atoms with Crippen LogP contribution in [-0.4, -0.2) is 17.7 Å². The Kier molecular flexibility index (Phi) is 9.55. The maximum Gasteiger partial charge on any atom is 0.192 e. The number of nitrogens with zero attached hydrogens (tertiary/aromatic N) is 2. The maximum atomic E-state index is 4.84. The van der Waals surface area contributed by atoms with E-state index in [1.165, 1.54) is 11.1 Å². The first-order valence-corrected chi connectivity index (χ1v) is 8.61. The van der Waals surface area contributed by atoms with Crippen LogP contribution in [-0.2, 0) is 13.0 Å². The molecule has 5 nitrogen and oxygen atoms in total. The van der Waals surface area contributed by atoms with Crippen LogP contribution < -0.4 is 10.6 Å². The highest BCUT2D eigenvalue weighted by Gasteiger charge is 2.08. The van der Waals surface area contributed by atoms with Crippen LogP contribution in [0.2, 0.25) is 0 Å². The maximum absolute atomic E-state index is 4.84. The third-order valence-corrected chi connectivity index (χ3v) is 3.71. The van der Waals surface area contributed by atoms with E-state index in [-0.39, 0.29) is 30.0 Å². The molecule has 0 aliphatic carbocycles. The second-order valence-electron chi connectivity index (χ2n) is 6.39. The van der Waals surface area contributed by atoms with Gasteiger partial charge < -0.3 is 15.2 Å². The fraction of sp³-hybridized carbons (Fsp3) is 0.474. The highest BCUT2D eigenvalue weighted by molar-refractivity contribution is 14.0. The summed E-state index contributed by atoms with van der Waals surface area (Å²) in [6.07, 6.45) is 2.68. The van der Waals surface area contributed by atoms with Gasteiger partial charge in [-0.05, 0) is 37.3 Å². The molecule has 2 aromatic rings. The second kappa shape index (κ2) is 11.1. The molecule has 0 amide bonds. The topological polar surface area (TPSA) is 62.5 Å². The summed E-state index contributed by atoms with van der Waals surface area (Å²) in [5.74, 6) is 1.45. The molecule has 1 aromatic carbocycles. The summed E-state index contributed by atoms with van der Waals surface area (Å²) < 4.78 is 4.84. The molecule has 0 radical (unpaired) electrons. The largest absolute Gasteiger partial charge is 0.364 e. The quantitative estimate of drug-likeness (QED) is 0.371. The van der Waals surface area contributed by atoms with Gasteiger partial charge in [-0.1, -0.05) is 43.3 Å². The number of guanidine groups is 1. The van der Waals surface area contributed by atoms with Gasteiger partial charge in [0, 0.05) is 12.6 Å². The van der Waals surface area contributed by atoms with E-state index in [0.717, 1.165) is 24.6 Å². The molecule has 1 heterocycles. The lowest BCUT2D eigenvalue weighted by molar-refractivity contribution is 0.412. The molecule has 0 bridgehead atoms. The van der Waals surface area contributed by atoms with Gasteiger partial charge in [0.1, 0.15) is 12.0 Å². The first kappa shape index (κ1) is 21.5. The van der Waals surface area contributed by atoms with Gasteiger partial charge in [-0.15, -0.1) is 24.0 Å². The monoisotopic (exact) mass is 456 g/mol. The average molecular weight is 456 g/mol. The van der Waals surface area contributed by atoms with E-state index in [2.05, 4.69) is 72.7 Å². The molecule has 0 spiro atoms. The molecule has 0 saturated carbocycles. The van der Waals surface area contributed by atoms with Crippen molar-refractivity contribution < 1.29 is 4.52 Å². The molecule has 138 valence electrons. The summed E-state index contributed by atoms with van der Waals surface area (Å²) in [6.45, 7) is 9.98. The summed E-state index contributed by atoms with van der Waals surface area (Å²) in [7, 11) is 0. The van der Waals surface area contributed by atoms with Crippen molar-refractivity contribution in [1.82, 2.24) is 15.8 Å². The summed E-state index contributed by atoms with van der Waals surface area (Å²) in [5.41, 5.74) is 3.44. The normalized spacial score (nSPS) is 12.6. The second-order valence-corrected chi connectivity index (χ2v) is 6.39. The zero-order valence-electron chi connectivity index (χ0n) is 15.5. The number of aromatic nitrogens is 1. The van der Waals surface area contributed by atoms with Crippen LogP contribution in [0.3, 0.4) is 0 Å². The summed E-state index contributed by atoms with van der Waals surface area (Å²) in [4.78, 5) is 4.55. The van der Waals surface area contributed by atoms with Crippen molar-refractivity contribution in [3.05, 3.63) is 53.4 Å². The Hall–Kier alpha value is -1.57. The molecule has 25 heavy (non-hydrogen) atoms. The van der Waals surface area contributed by atoms with Crippen molar-refractivity contribution in [1.29, 1.82) is 0 Å². The number of aliphatic imine (C=N–C) groups is 1. The molecule has 0 aliphatic heterocycles. The number of benzene rings is 1. The standard InChI is InChI=1S/C19H28N4O.HI/c1-5-20-19(21-13-18-10-11-24-23-18)22-15(4)17-8-6-16(7-9-17)12-14(2)3;/h6-11,14-15H,5,12-13H2,1-4H3,(H2,20,21,22);1H. The molecule has 1 unspecified atom stereocenters. The van der Waals surface area contributed by atoms with Crippen molar-refractivity contribution in [3.63, 3.8) is 0 Å². The third-order valence-electron chi connectivity index (χ3n) is 3.71. The minimum atomic E-state index is 0. The smallest absolute Gasteiger partial charge is 0.192 e. The molecule has 2 N–H and O–H groups in total. The van der Waals surface area contributed by atoms with Gasteiger partial charge in [0.2, 0.25) is 0 Å². The Morgan fingerprint density at radius 3 is 2.44 bits per heavy atom. The fourth-order valence-corrected chi connectivity index (χ4v) is 2.50. The average Bonchev–Trinajstić information content (AvgIpc) is 3.06. The van der Waals surface area contributed by atoms with Crippen molar-refractivity contribution in [2.24, 2.45) is 10.9 Å². The van der Waals surface area contributed by atoms with Gasteiger partial charge in [0.15, 0.2) is 5.96 Å². The molecule has 0 saturated heterocycles. The third kappa shape index (κ3) is 7.46. The minimum Gasteiger partial charge on any atom is -0.364 e. The first-order chi connectivity index (χ1) is 11.6. The summed E-state index contributed by atoms with van der Waals surface area (Å²) >= 11 is 0. The van der Waals surface area contributed by atoms with E-state index in [0.29, 0.717) is 12.5 Å². The van der Waals surface area contributed by atoms with Crippen LogP contribution in [0.15, 0.2) is 46.1 Å². The first-order valence-electron chi connectivity index (χ1n) is 8.61. The van der Waals surface area contributed by atoms with E-state index >= 15 is 0 Å². The number of rotatable bonds is 7. The van der Waals surface area contributed by atoms with Gasteiger partial charge in [-0.25, -0.2) is 4.99 Å². The lowest BCUT2D eigenvalue weighted by Gasteiger charge is -2.18. The zero-order chi connectivity index (χ0) is 17.4. The van der Waals surface area contributed by atoms with E-state index in [1.807, 2.05) is 6.07 Å². The van der Waals surface area contributed by atoms with Crippen molar-refractivity contribution in [2.45, 2.75) is 46.7 Å². The van der Waals surface area contributed by atoms with Crippen LogP contribution in [0.4, 0.5) is 0 Å². The predicted octanol–water partition coefficient (Wildman–Crippen LogP) is 4.31. The molecule has 0 fully saturated rings. The molecule has 6 heteroatoms. The number of hydrogen-bond acceptors (Lipinski definition) is 3. The lowest BCUT2D eigenvalue weighted by Crippen LogP contribution is -2.38. The zero-order valence-corrected chi connectivity index (χ0v) is 17.8. The lowest BCUT2D eigenvalue weighted by atomic mass is 10.00. The number of nitrogens with one attached hydrogen (secondary N) is 2. The fourth-order valence-electron chi connectivity index (χ4n) is 2.50. The Balaban J connectivity index is 0.00000312.